The summed E-state index contributed by atoms with van der Waals surface area (Å²) in [5.41, 5.74) is 1.23. The number of anilines is 1. The Labute approximate surface area is 159 Å². The van der Waals surface area contributed by atoms with Crippen LogP contribution in [0.25, 0.3) is 0 Å². The average Bonchev–Trinajstić information content (AvgIpc) is 2.80. The highest BCUT2D eigenvalue weighted by Gasteiger charge is 2.20. The minimum Gasteiger partial charge on any atom is -0.465 e. The quantitative estimate of drug-likeness (QED) is 0.682. The number of hydrogen-bond donors (Lipinski definition) is 2. The number of rotatable bonds is 6. The lowest BCUT2D eigenvalue weighted by atomic mass is 10.1. The Kier molecular flexibility index (Phi) is 6.64. The van der Waals surface area contributed by atoms with Crippen molar-refractivity contribution in [2.75, 3.05) is 25.6 Å². The van der Waals surface area contributed by atoms with Crippen LogP contribution >= 0.6 is 27.5 Å². The van der Waals surface area contributed by atoms with Gasteiger partial charge in [-0.25, -0.2) is 0 Å². The summed E-state index contributed by atoms with van der Waals surface area (Å²) < 4.78 is 10.9. The summed E-state index contributed by atoms with van der Waals surface area (Å²) >= 11 is 9.51. The average molecular weight is 430 g/mol. The zero-order chi connectivity index (χ0) is 18.6. The Morgan fingerprint density at radius 1 is 1.24 bits per heavy atom. The van der Waals surface area contributed by atoms with E-state index in [0.717, 1.165) is 0 Å². The molecule has 0 aliphatic rings. The van der Waals surface area contributed by atoms with Gasteiger partial charge < -0.3 is 19.8 Å². The van der Waals surface area contributed by atoms with Crippen LogP contribution in [0.5, 0.6) is 0 Å². The first-order chi connectivity index (χ1) is 11.8. The molecule has 0 spiro atoms. The molecule has 0 radical (unpaired) electrons. The molecule has 6 nitrogen and oxygen atoms in total. The van der Waals surface area contributed by atoms with Crippen LogP contribution in [-0.4, -0.2) is 32.1 Å². The van der Waals surface area contributed by atoms with Gasteiger partial charge >= 0.3 is 0 Å². The summed E-state index contributed by atoms with van der Waals surface area (Å²) in [5.74, 6) is 0.518. The first-order valence-corrected chi connectivity index (χ1v) is 8.65. The van der Waals surface area contributed by atoms with E-state index < -0.39 is 0 Å². The van der Waals surface area contributed by atoms with Crippen molar-refractivity contribution in [1.29, 1.82) is 0 Å². The third kappa shape index (κ3) is 4.62. The molecular formula is C17H18BrClN2O4. The number of halogens is 2. The first-order valence-electron chi connectivity index (χ1n) is 7.48. The molecule has 0 aliphatic carbocycles. The highest BCUT2D eigenvalue weighted by molar-refractivity contribution is 9.10. The van der Waals surface area contributed by atoms with Crippen molar-refractivity contribution in [2.24, 2.45) is 0 Å². The van der Waals surface area contributed by atoms with Gasteiger partial charge in [0.25, 0.3) is 11.8 Å². The second kappa shape index (κ2) is 8.51. The smallest absolute Gasteiger partial charge is 0.260 e. The molecule has 134 valence electrons. The Balaban J connectivity index is 2.12. The van der Waals surface area contributed by atoms with Crippen LogP contribution in [0, 0.1) is 13.8 Å². The van der Waals surface area contributed by atoms with Gasteiger partial charge in [-0.05, 0) is 48.0 Å². The predicted octanol–water partition coefficient (Wildman–Crippen LogP) is 3.94. The molecule has 2 rings (SSSR count). The molecule has 0 saturated heterocycles. The molecule has 2 amide bonds. The number of amides is 2. The minimum absolute atomic E-state index is 0.242. The van der Waals surface area contributed by atoms with Crippen molar-refractivity contribution in [3.8, 4) is 0 Å². The van der Waals surface area contributed by atoms with E-state index in [1.807, 2.05) is 0 Å². The number of aryl methyl sites for hydroxylation is 2. The minimum atomic E-state index is -0.324. The monoisotopic (exact) mass is 428 g/mol. The topological polar surface area (TPSA) is 80.6 Å². The fourth-order valence-electron chi connectivity index (χ4n) is 2.25. The maximum Gasteiger partial charge on any atom is 0.260 e. The Bertz CT molecular complexity index is 804. The van der Waals surface area contributed by atoms with E-state index in [1.165, 1.54) is 6.07 Å². The highest BCUT2D eigenvalue weighted by atomic mass is 79.9. The number of carbonyl (C=O) groups excluding carboxylic acids is 2. The second-order valence-electron chi connectivity index (χ2n) is 5.30. The first kappa shape index (κ1) is 19.5. The molecule has 2 N–H and O–H groups in total. The van der Waals surface area contributed by atoms with Crippen LogP contribution in [0.15, 0.2) is 27.1 Å². The lowest BCUT2D eigenvalue weighted by Crippen LogP contribution is -2.27. The van der Waals surface area contributed by atoms with Gasteiger partial charge in [-0.3, -0.25) is 9.59 Å². The lowest BCUT2D eigenvalue weighted by molar-refractivity contribution is 0.0936. The molecule has 1 heterocycles. The van der Waals surface area contributed by atoms with Gasteiger partial charge in [0, 0.05) is 19.3 Å². The largest absolute Gasteiger partial charge is 0.465 e. The normalized spacial score (nSPS) is 10.6. The summed E-state index contributed by atoms with van der Waals surface area (Å²) in [6, 6.07) is 4.70. The fraction of sp³-hybridized carbons (Fsp3) is 0.294. The van der Waals surface area contributed by atoms with Crippen molar-refractivity contribution in [2.45, 2.75) is 13.8 Å². The molecule has 1 aromatic heterocycles. The van der Waals surface area contributed by atoms with E-state index in [4.69, 9.17) is 20.8 Å². The van der Waals surface area contributed by atoms with Gasteiger partial charge in [0.1, 0.15) is 11.5 Å². The molecule has 25 heavy (non-hydrogen) atoms. The third-order valence-electron chi connectivity index (χ3n) is 3.48. The number of methoxy groups -OCH3 is 1. The highest BCUT2D eigenvalue weighted by Crippen LogP contribution is 2.28. The van der Waals surface area contributed by atoms with Crippen LogP contribution in [0.4, 0.5) is 5.69 Å². The van der Waals surface area contributed by atoms with Crippen LogP contribution < -0.4 is 10.6 Å². The van der Waals surface area contributed by atoms with E-state index in [1.54, 1.807) is 33.1 Å². The molecule has 8 heteroatoms. The maximum atomic E-state index is 12.4. The standard InChI is InChI=1S/C17H18BrClN2O4/c1-9-14(15(18)10(2)25-9)17(23)21-11-4-5-12(13(19)8-11)16(22)20-6-7-24-3/h4-5,8H,6-7H2,1-3H3,(H,20,22)(H,21,23). The number of ether oxygens (including phenoxy) is 1. The molecule has 0 aliphatic heterocycles. The van der Waals surface area contributed by atoms with Crippen molar-refractivity contribution in [1.82, 2.24) is 5.32 Å². The molecule has 1 aromatic carbocycles. The van der Waals surface area contributed by atoms with Gasteiger partial charge in [0.15, 0.2) is 0 Å². The Hall–Kier alpha value is -1.83. The summed E-state index contributed by atoms with van der Waals surface area (Å²) in [6.45, 7) is 4.28. The van der Waals surface area contributed by atoms with Gasteiger partial charge in [0.05, 0.1) is 27.2 Å². The zero-order valence-electron chi connectivity index (χ0n) is 14.0. The third-order valence-corrected chi connectivity index (χ3v) is 4.74. The summed E-state index contributed by atoms with van der Waals surface area (Å²) in [5, 5.41) is 5.68. The number of furan rings is 1. The van der Waals surface area contributed by atoms with Crippen molar-refractivity contribution in [3.63, 3.8) is 0 Å². The number of benzene rings is 1. The summed E-state index contributed by atoms with van der Waals surface area (Å²) in [4.78, 5) is 24.5. The second-order valence-corrected chi connectivity index (χ2v) is 6.50. The molecular weight excluding hydrogens is 412 g/mol. The van der Waals surface area contributed by atoms with Crippen LogP contribution in [-0.2, 0) is 4.74 Å². The van der Waals surface area contributed by atoms with E-state index in [2.05, 4.69) is 26.6 Å². The molecule has 0 atom stereocenters. The van der Waals surface area contributed by atoms with Crippen LogP contribution in [0.3, 0.4) is 0 Å². The SMILES string of the molecule is COCCNC(=O)c1ccc(NC(=O)c2c(C)oc(C)c2Br)cc1Cl. The zero-order valence-corrected chi connectivity index (χ0v) is 16.4. The van der Waals surface area contributed by atoms with E-state index in [9.17, 15) is 9.59 Å². The van der Waals surface area contributed by atoms with Gasteiger partial charge in [-0.1, -0.05) is 11.6 Å². The van der Waals surface area contributed by atoms with Crippen molar-refractivity contribution >= 4 is 45.0 Å². The van der Waals surface area contributed by atoms with E-state index in [-0.39, 0.29) is 16.8 Å². The fourth-order valence-corrected chi connectivity index (χ4v) is 3.05. The molecule has 0 saturated carbocycles. The molecule has 0 bridgehead atoms. The summed E-state index contributed by atoms with van der Waals surface area (Å²) in [7, 11) is 1.55. The molecule has 2 aromatic rings. The van der Waals surface area contributed by atoms with E-state index >= 15 is 0 Å². The molecule has 0 unspecified atom stereocenters. The maximum absolute atomic E-state index is 12.4. The Morgan fingerprint density at radius 2 is 1.96 bits per heavy atom. The van der Waals surface area contributed by atoms with Gasteiger partial charge in [-0.2, -0.15) is 0 Å². The van der Waals surface area contributed by atoms with Gasteiger partial charge in [0.2, 0.25) is 0 Å². The van der Waals surface area contributed by atoms with Crippen molar-refractivity contribution < 1.29 is 18.7 Å². The number of hydrogen-bond acceptors (Lipinski definition) is 4. The van der Waals surface area contributed by atoms with Crippen LogP contribution in [0.1, 0.15) is 32.2 Å². The number of nitrogens with one attached hydrogen (secondary N) is 2. The number of carbonyl (C=O) groups is 2. The predicted molar refractivity (Wildman–Crippen MR) is 99.5 cm³/mol. The Morgan fingerprint density at radius 3 is 2.52 bits per heavy atom. The van der Waals surface area contributed by atoms with Gasteiger partial charge in [-0.15, -0.1) is 0 Å². The summed E-state index contributed by atoms with van der Waals surface area (Å²) in [6.07, 6.45) is 0. The lowest BCUT2D eigenvalue weighted by Gasteiger charge is -2.09. The van der Waals surface area contributed by atoms with Crippen LogP contribution in [0.2, 0.25) is 5.02 Å². The van der Waals surface area contributed by atoms with E-state index in [0.29, 0.717) is 46.0 Å². The van der Waals surface area contributed by atoms with Crippen molar-refractivity contribution in [3.05, 3.63) is 50.3 Å². The molecule has 0 fully saturated rings.